The van der Waals surface area contributed by atoms with Crippen LogP contribution in [-0.2, 0) is 9.59 Å². The monoisotopic (exact) mass is 357 g/mol. The molecule has 0 bridgehead atoms. The van der Waals surface area contributed by atoms with Gasteiger partial charge in [-0.2, -0.15) is 0 Å². The molecule has 1 heterocycles. The van der Waals surface area contributed by atoms with E-state index >= 15 is 0 Å². The van der Waals surface area contributed by atoms with E-state index in [4.69, 9.17) is 17.3 Å². The van der Waals surface area contributed by atoms with Crippen LogP contribution in [0.2, 0.25) is 0 Å². The van der Waals surface area contributed by atoms with Crippen LogP contribution in [0.3, 0.4) is 0 Å². The van der Waals surface area contributed by atoms with E-state index in [1.54, 1.807) is 6.08 Å². The Bertz CT molecular complexity index is 600. The van der Waals surface area contributed by atoms with Gasteiger partial charge in [0, 0.05) is 4.47 Å². The molecule has 0 atom stereocenters. The average Bonchev–Trinajstić information content (AvgIpc) is 2.60. The average molecular weight is 358 g/mol. The summed E-state index contributed by atoms with van der Waals surface area (Å²) in [5.74, 6) is -1.45. The molecule has 1 aliphatic rings. The number of carbonyl (C=O) groups is 2. The molecule has 19 heavy (non-hydrogen) atoms. The molecule has 1 aromatic rings. The van der Waals surface area contributed by atoms with Gasteiger partial charge < -0.3 is 5.11 Å². The first-order valence-corrected chi connectivity index (χ1v) is 7.22. The van der Waals surface area contributed by atoms with Gasteiger partial charge in [0.1, 0.15) is 10.9 Å². The van der Waals surface area contributed by atoms with E-state index in [0.29, 0.717) is 4.91 Å². The van der Waals surface area contributed by atoms with E-state index in [-0.39, 0.29) is 10.2 Å². The Balaban J connectivity index is 2.28. The number of thiocarbonyl (C=S) groups is 1. The van der Waals surface area contributed by atoms with Gasteiger partial charge in [-0.3, -0.25) is 14.5 Å². The van der Waals surface area contributed by atoms with Gasteiger partial charge in [0.2, 0.25) is 0 Å². The molecule has 0 aromatic heterocycles. The van der Waals surface area contributed by atoms with Crippen LogP contribution in [0.1, 0.15) is 5.56 Å². The lowest BCUT2D eigenvalue weighted by Crippen LogP contribution is -2.33. The number of carbonyl (C=O) groups excluding carboxylic acids is 1. The van der Waals surface area contributed by atoms with Gasteiger partial charge in [-0.05, 0) is 17.7 Å². The number of halogens is 1. The number of benzene rings is 1. The summed E-state index contributed by atoms with van der Waals surface area (Å²) < 4.78 is 1.13. The van der Waals surface area contributed by atoms with E-state index in [1.807, 2.05) is 24.3 Å². The SMILES string of the molecule is O=C(O)CN1C(=O)C(=Cc2ccccc2Br)SC1=S. The molecule has 1 amide bonds. The highest BCUT2D eigenvalue weighted by molar-refractivity contribution is 9.10. The van der Waals surface area contributed by atoms with Crippen LogP contribution in [0.15, 0.2) is 33.6 Å². The molecular weight excluding hydrogens is 350 g/mol. The van der Waals surface area contributed by atoms with Gasteiger partial charge in [0.15, 0.2) is 0 Å². The molecule has 0 unspecified atom stereocenters. The van der Waals surface area contributed by atoms with Crippen LogP contribution < -0.4 is 0 Å². The second-order valence-corrected chi connectivity index (χ2v) is 6.21. The number of aliphatic carboxylic acids is 1. The van der Waals surface area contributed by atoms with Crippen molar-refractivity contribution < 1.29 is 14.7 Å². The molecule has 0 spiro atoms. The highest BCUT2D eigenvalue weighted by atomic mass is 79.9. The van der Waals surface area contributed by atoms with Gasteiger partial charge in [0.25, 0.3) is 5.91 Å². The van der Waals surface area contributed by atoms with Crippen molar-refractivity contribution in [2.24, 2.45) is 0 Å². The lowest BCUT2D eigenvalue weighted by molar-refractivity contribution is -0.140. The second kappa shape index (κ2) is 5.85. The molecule has 1 saturated heterocycles. The molecule has 1 fully saturated rings. The summed E-state index contributed by atoms with van der Waals surface area (Å²) in [6.45, 7) is -0.405. The highest BCUT2D eigenvalue weighted by Gasteiger charge is 2.33. The van der Waals surface area contributed by atoms with E-state index in [1.165, 1.54) is 0 Å². The van der Waals surface area contributed by atoms with Gasteiger partial charge in [-0.25, -0.2) is 0 Å². The zero-order chi connectivity index (χ0) is 14.0. The number of carboxylic acids is 1. The maximum Gasteiger partial charge on any atom is 0.323 e. The summed E-state index contributed by atoms with van der Waals surface area (Å²) in [4.78, 5) is 24.2. The lowest BCUT2D eigenvalue weighted by atomic mass is 10.2. The topological polar surface area (TPSA) is 57.6 Å². The first kappa shape index (κ1) is 14.2. The van der Waals surface area contributed by atoms with E-state index in [2.05, 4.69) is 15.9 Å². The van der Waals surface area contributed by atoms with Gasteiger partial charge in [-0.1, -0.05) is 58.1 Å². The summed E-state index contributed by atoms with van der Waals surface area (Å²) in [7, 11) is 0. The molecule has 1 aromatic carbocycles. The molecule has 4 nitrogen and oxygen atoms in total. The van der Waals surface area contributed by atoms with Gasteiger partial charge >= 0.3 is 5.97 Å². The fourth-order valence-corrected chi connectivity index (χ4v) is 3.15. The fraction of sp³-hybridized carbons (Fsp3) is 0.0833. The molecule has 0 aliphatic carbocycles. The van der Waals surface area contributed by atoms with Crippen LogP contribution in [0.4, 0.5) is 0 Å². The minimum atomic E-state index is -1.08. The number of hydrogen-bond donors (Lipinski definition) is 1. The quantitative estimate of drug-likeness (QED) is 0.665. The normalized spacial score (nSPS) is 17.3. The fourth-order valence-electron chi connectivity index (χ4n) is 1.50. The van der Waals surface area contributed by atoms with Crippen molar-refractivity contribution in [1.82, 2.24) is 4.90 Å². The summed E-state index contributed by atoms with van der Waals surface area (Å²) in [6.07, 6.45) is 1.70. The lowest BCUT2D eigenvalue weighted by Gasteiger charge is -2.10. The minimum Gasteiger partial charge on any atom is -0.480 e. The number of thioether (sulfide) groups is 1. The Morgan fingerprint density at radius 2 is 2.16 bits per heavy atom. The van der Waals surface area contributed by atoms with Gasteiger partial charge in [-0.15, -0.1) is 0 Å². The molecule has 0 saturated carbocycles. The highest BCUT2D eigenvalue weighted by Crippen LogP contribution is 2.33. The van der Waals surface area contributed by atoms with E-state index < -0.39 is 12.5 Å². The Hall–Kier alpha value is -1.18. The van der Waals surface area contributed by atoms with Gasteiger partial charge in [0.05, 0.1) is 4.91 Å². The minimum absolute atomic E-state index is 0.269. The first-order valence-electron chi connectivity index (χ1n) is 5.20. The Labute approximate surface area is 127 Å². The third kappa shape index (κ3) is 3.23. The summed E-state index contributed by atoms with van der Waals surface area (Å²) >= 11 is 9.51. The van der Waals surface area contributed by atoms with Crippen LogP contribution in [-0.4, -0.2) is 32.7 Å². The van der Waals surface area contributed by atoms with Crippen LogP contribution in [0.5, 0.6) is 0 Å². The van der Waals surface area contributed by atoms with Crippen molar-refractivity contribution >= 4 is 62.2 Å². The zero-order valence-electron chi connectivity index (χ0n) is 9.50. The van der Waals surface area contributed by atoms with E-state index in [0.717, 1.165) is 26.7 Å². The Kier molecular flexibility index (Phi) is 4.38. The smallest absolute Gasteiger partial charge is 0.323 e. The van der Waals surface area contributed by atoms with Crippen molar-refractivity contribution in [3.63, 3.8) is 0 Å². The second-order valence-electron chi connectivity index (χ2n) is 3.68. The predicted molar refractivity (Wildman–Crippen MR) is 81.7 cm³/mol. The number of carboxylic acid groups (broad SMARTS) is 1. The molecular formula is C12H8BrNO3S2. The predicted octanol–water partition coefficient (Wildman–Crippen LogP) is 2.73. The number of nitrogens with zero attached hydrogens (tertiary/aromatic N) is 1. The third-order valence-electron chi connectivity index (χ3n) is 2.36. The first-order chi connectivity index (χ1) is 8.99. The van der Waals surface area contributed by atoms with Crippen molar-refractivity contribution in [3.05, 3.63) is 39.2 Å². The van der Waals surface area contributed by atoms with Crippen molar-refractivity contribution in [3.8, 4) is 0 Å². The molecule has 2 rings (SSSR count). The van der Waals surface area contributed by atoms with Crippen molar-refractivity contribution in [2.75, 3.05) is 6.54 Å². The number of rotatable bonds is 3. The summed E-state index contributed by atoms with van der Waals surface area (Å²) in [5.41, 5.74) is 0.846. The zero-order valence-corrected chi connectivity index (χ0v) is 12.7. The molecule has 7 heteroatoms. The Morgan fingerprint density at radius 1 is 1.47 bits per heavy atom. The largest absolute Gasteiger partial charge is 0.480 e. The number of hydrogen-bond acceptors (Lipinski definition) is 4. The van der Waals surface area contributed by atoms with E-state index in [9.17, 15) is 9.59 Å². The number of amides is 1. The molecule has 1 N–H and O–H groups in total. The Morgan fingerprint density at radius 3 is 2.79 bits per heavy atom. The molecule has 98 valence electrons. The standard InChI is InChI=1S/C12H8BrNO3S2/c13-8-4-2-1-3-7(8)5-9-11(17)14(6-10(15)16)12(18)19-9/h1-5H,6H2,(H,15,16). The van der Waals surface area contributed by atoms with Crippen LogP contribution in [0.25, 0.3) is 6.08 Å². The molecule has 0 radical (unpaired) electrons. The van der Waals surface area contributed by atoms with Crippen LogP contribution >= 0.6 is 39.9 Å². The summed E-state index contributed by atoms with van der Waals surface area (Å²) in [6, 6.07) is 7.45. The summed E-state index contributed by atoms with van der Waals surface area (Å²) in [5, 5.41) is 8.74. The van der Waals surface area contributed by atoms with Crippen molar-refractivity contribution in [2.45, 2.75) is 0 Å². The molecule has 1 aliphatic heterocycles. The van der Waals surface area contributed by atoms with Crippen LogP contribution in [0, 0.1) is 0 Å². The maximum atomic E-state index is 12.0. The maximum absolute atomic E-state index is 12.0. The third-order valence-corrected chi connectivity index (χ3v) is 4.46. The van der Waals surface area contributed by atoms with Crippen molar-refractivity contribution in [1.29, 1.82) is 0 Å².